The van der Waals surface area contributed by atoms with Gasteiger partial charge in [0.05, 0.1) is 16.8 Å². The normalized spacial score (nSPS) is 18.7. The zero-order valence-electron chi connectivity index (χ0n) is 19.9. The second-order valence-corrected chi connectivity index (χ2v) is 10.5. The molecule has 2 aromatic carbocycles. The molecule has 34 heavy (non-hydrogen) atoms. The van der Waals surface area contributed by atoms with Crippen LogP contribution < -0.4 is 10.2 Å². The molecule has 2 heterocycles. The summed E-state index contributed by atoms with van der Waals surface area (Å²) < 4.78 is 0. The number of rotatable bonds is 6. The van der Waals surface area contributed by atoms with Crippen molar-refractivity contribution in [1.82, 2.24) is 9.80 Å². The number of amides is 1. The van der Waals surface area contributed by atoms with Gasteiger partial charge in [-0.3, -0.25) is 4.79 Å². The van der Waals surface area contributed by atoms with Crippen LogP contribution >= 0.6 is 34.8 Å². The summed E-state index contributed by atoms with van der Waals surface area (Å²) in [5.74, 6) is 0.462. The molecule has 0 bridgehead atoms. The summed E-state index contributed by atoms with van der Waals surface area (Å²) in [7, 11) is 0. The van der Waals surface area contributed by atoms with Crippen LogP contribution in [0.15, 0.2) is 36.4 Å². The van der Waals surface area contributed by atoms with E-state index < -0.39 is 0 Å². The first kappa shape index (κ1) is 25.4. The highest BCUT2D eigenvalue weighted by Crippen LogP contribution is 2.34. The predicted molar refractivity (Wildman–Crippen MR) is 144 cm³/mol. The fourth-order valence-electron chi connectivity index (χ4n) is 4.91. The summed E-state index contributed by atoms with van der Waals surface area (Å²) >= 11 is 19.0. The van der Waals surface area contributed by atoms with Crippen molar-refractivity contribution in [1.29, 1.82) is 0 Å². The third-order valence-electron chi connectivity index (χ3n) is 7.09. The van der Waals surface area contributed by atoms with E-state index in [1.807, 2.05) is 18.2 Å². The largest absolute Gasteiger partial charge is 0.377 e. The molecule has 1 atom stereocenters. The van der Waals surface area contributed by atoms with Gasteiger partial charge < -0.3 is 20.0 Å². The number of nitrogens with one attached hydrogen (secondary N) is 1. The van der Waals surface area contributed by atoms with Gasteiger partial charge in [-0.25, -0.2) is 0 Å². The average molecular weight is 524 g/mol. The molecule has 5 nitrogen and oxygen atoms in total. The van der Waals surface area contributed by atoms with Crippen LogP contribution in [0.2, 0.25) is 15.1 Å². The molecule has 2 fully saturated rings. The summed E-state index contributed by atoms with van der Waals surface area (Å²) in [6.07, 6.45) is 1.77. The number of hydrogen-bond donors (Lipinski definition) is 1. The average Bonchev–Trinajstić information content (AvgIpc) is 2.85. The molecule has 0 aliphatic carbocycles. The molecule has 0 aromatic heterocycles. The minimum Gasteiger partial charge on any atom is -0.377 e. The lowest BCUT2D eigenvalue weighted by atomic mass is 9.94. The van der Waals surface area contributed by atoms with E-state index in [1.54, 1.807) is 6.07 Å². The van der Waals surface area contributed by atoms with Gasteiger partial charge in [0.15, 0.2) is 0 Å². The molecule has 8 heteroatoms. The molecule has 1 N–H and O–H groups in total. The number of nitrogens with zero attached hydrogens (tertiary/aromatic N) is 3. The number of carbonyl (C=O) groups excluding carboxylic acids is 1. The SMILES string of the molecule is CCN1CCN(C(=O)C2CCN(c3ccc(Cl)c(N[C@H](C)c4ccc(Cl)cc4Cl)c3)CC2)CC1. The van der Waals surface area contributed by atoms with Gasteiger partial charge in [-0.15, -0.1) is 0 Å². The Morgan fingerprint density at radius 1 is 0.971 bits per heavy atom. The summed E-state index contributed by atoms with van der Waals surface area (Å²) in [6.45, 7) is 10.7. The van der Waals surface area contributed by atoms with Crippen molar-refractivity contribution in [2.45, 2.75) is 32.7 Å². The van der Waals surface area contributed by atoms with Crippen LogP contribution in [-0.2, 0) is 4.79 Å². The summed E-state index contributed by atoms with van der Waals surface area (Å²) in [5.41, 5.74) is 2.94. The molecule has 4 rings (SSSR count). The number of benzene rings is 2. The van der Waals surface area contributed by atoms with Crippen molar-refractivity contribution in [2.24, 2.45) is 5.92 Å². The minimum atomic E-state index is -0.0333. The Morgan fingerprint density at radius 2 is 1.68 bits per heavy atom. The number of piperidine rings is 1. The van der Waals surface area contributed by atoms with Crippen LogP contribution in [0.3, 0.4) is 0 Å². The van der Waals surface area contributed by atoms with E-state index in [-0.39, 0.29) is 12.0 Å². The fourth-order valence-corrected chi connectivity index (χ4v) is 5.66. The minimum absolute atomic E-state index is 0.0333. The Labute approximate surface area is 217 Å². The highest BCUT2D eigenvalue weighted by Gasteiger charge is 2.30. The van der Waals surface area contributed by atoms with Gasteiger partial charge >= 0.3 is 0 Å². The number of hydrogen-bond acceptors (Lipinski definition) is 4. The molecule has 0 spiro atoms. The summed E-state index contributed by atoms with van der Waals surface area (Å²) in [6, 6.07) is 11.6. The van der Waals surface area contributed by atoms with E-state index in [0.717, 1.165) is 75.6 Å². The number of carbonyl (C=O) groups is 1. The standard InChI is InChI=1S/C26H33Cl3N4O/c1-3-31-12-14-33(15-13-31)26(34)19-8-10-32(11-9-19)21-5-7-23(28)25(17-21)30-18(2)22-6-4-20(27)16-24(22)29/h4-7,16-19,30H,3,8-15H2,1-2H3/t18-/m1/s1. The molecule has 0 unspecified atom stereocenters. The number of halogens is 3. The second kappa shape index (κ2) is 11.4. The van der Waals surface area contributed by atoms with Gasteiger partial charge in [0.25, 0.3) is 0 Å². The first-order valence-corrected chi connectivity index (χ1v) is 13.3. The fraction of sp³-hybridized carbons (Fsp3) is 0.500. The summed E-state index contributed by atoms with van der Waals surface area (Å²) in [5, 5.41) is 5.40. The highest BCUT2D eigenvalue weighted by molar-refractivity contribution is 6.35. The van der Waals surface area contributed by atoms with Gasteiger partial charge in [0.1, 0.15) is 0 Å². The van der Waals surface area contributed by atoms with Crippen molar-refractivity contribution < 1.29 is 4.79 Å². The maximum absolute atomic E-state index is 13.0. The number of piperazine rings is 1. The van der Waals surface area contributed by atoms with E-state index in [0.29, 0.717) is 21.0 Å². The van der Waals surface area contributed by atoms with Gasteiger partial charge in [-0.05, 0) is 62.2 Å². The van der Waals surface area contributed by atoms with E-state index in [9.17, 15) is 4.79 Å². The van der Waals surface area contributed by atoms with Crippen molar-refractivity contribution in [3.05, 3.63) is 57.0 Å². The zero-order valence-corrected chi connectivity index (χ0v) is 22.1. The smallest absolute Gasteiger partial charge is 0.225 e. The molecular weight excluding hydrogens is 491 g/mol. The van der Waals surface area contributed by atoms with Crippen molar-refractivity contribution >= 4 is 52.1 Å². The van der Waals surface area contributed by atoms with Crippen molar-refractivity contribution in [3.8, 4) is 0 Å². The van der Waals surface area contributed by atoms with Crippen LogP contribution in [-0.4, -0.2) is 61.5 Å². The van der Waals surface area contributed by atoms with Gasteiger partial charge in [0.2, 0.25) is 5.91 Å². The van der Waals surface area contributed by atoms with Gasteiger partial charge in [0, 0.05) is 60.9 Å². The van der Waals surface area contributed by atoms with Crippen LogP contribution in [0.1, 0.15) is 38.3 Å². The molecule has 0 saturated carbocycles. The molecule has 2 aliphatic heterocycles. The Bertz CT molecular complexity index is 1000. The highest BCUT2D eigenvalue weighted by atomic mass is 35.5. The van der Waals surface area contributed by atoms with Crippen LogP contribution in [0.5, 0.6) is 0 Å². The Kier molecular flexibility index (Phi) is 8.52. The maximum atomic E-state index is 13.0. The zero-order chi connectivity index (χ0) is 24.2. The first-order valence-electron chi connectivity index (χ1n) is 12.1. The van der Waals surface area contributed by atoms with Crippen molar-refractivity contribution in [2.75, 3.05) is 56.0 Å². The molecule has 2 saturated heterocycles. The van der Waals surface area contributed by atoms with Crippen molar-refractivity contribution in [3.63, 3.8) is 0 Å². The maximum Gasteiger partial charge on any atom is 0.225 e. The molecule has 2 aliphatic rings. The monoisotopic (exact) mass is 522 g/mol. The Hall–Kier alpha value is -1.66. The number of likely N-dealkylation sites (N-methyl/N-ethyl adjacent to an activating group) is 1. The lowest BCUT2D eigenvalue weighted by Gasteiger charge is -2.39. The van der Waals surface area contributed by atoms with E-state index in [2.05, 4.69) is 46.0 Å². The summed E-state index contributed by atoms with van der Waals surface area (Å²) in [4.78, 5) is 19.9. The quantitative estimate of drug-likeness (QED) is 0.489. The molecule has 1 amide bonds. The van der Waals surface area contributed by atoms with E-state index in [1.165, 1.54) is 0 Å². The topological polar surface area (TPSA) is 38.8 Å². The molecular formula is C26H33Cl3N4O. The van der Waals surface area contributed by atoms with E-state index >= 15 is 0 Å². The van der Waals surface area contributed by atoms with Crippen LogP contribution in [0.4, 0.5) is 11.4 Å². The van der Waals surface area contributed by atoms with Gasteiger partial charge in [-0.1, -0.05) is 47.8 Å². The first-order chi connectivity index (χ1) is 16.4. The molecule has 2 aromatic rings. The number of anilines is 2. The third kappa shape index (κ3) is 5.93. The molecule has 0 radical (unpaired) electrons. The third-order valence-corrected chi connectivity index (χ3v) is 7.98. The van der Waals surface area contributed by atoms with Crippen LogP contribution in [0.25, 0.3) is 0 Å². The lowest BCUT2D eigenvalue weighted by Crippen LogP contribution is -2.51. The molecule has 184 valence electrons. The Morgan fingerprint density at radius 3 is 2.32 bits per heavy atom. The second-order valence-electron chi connectivity index (χ2n) is 9.22. The predicted octanol–water partition coefficient (Wildman–Crippen LogP) is 6.20. The lowest BCUT2D eigenvalue weighted by molar-refractivity contribution is -0.137. The van der Waals surface area contributed by atoms with Gasteiger partial charge in [-0.2, -0.15) is 0 Å². The Balaban J connectivity index is 1.36. The van der Waals surface area contributed by atoms with Crippen LogP contribution in [0, 0.1) is 5.92 Å². The van der Waals surface area contributed by atoms with E-state index in [4.69, 9.17) is 34.8 Å².